The van der Waals surface area contributed by atoms with Crippen molar-refractivity contribution >= 4 is 23.9 Å². The Morgan fingerprint density at radius 1 is 0.724 bits per heavy atom. The van der Waals surface area contributed by atoms with Gasteiger partial charge in [-0.05, 0) is 37.1 Å². The quantitative estimate of drug-likeness (QED) is 0.406. The molecule has 2 aromatic rings. The highest BCUT2D eigenvalue weighted by Crippen LogP contribution is 2.06. The minimum atomic E-state index is -1.30. The van der Waals surface area contributed by atoms with Gasteiger partial charge in [0.2, 0.25) is 0 Å². The van der Waals surface area contributed by atoms with E-state index in [0.29, 0.717) is 17.5 Å². The molecule has 0 spiro atoms. The van der Waals surface area contributed by atoms with Crippen molar-refractivity contribution in [3.05, 3.63) is 84.4 Å². The Labute approximate surface area is 167 Å². The van der Waals surface area contributed by atoms with E-state index < -0.39 is 29.8 Å². The van der Waals surface area contributed by atoms with Gasteiger partial charge in [0, 0.05) is 0 Å². The van der Waals surface area contributed by atoms with Crippen molar-refractivity contribution in [2.24, 2.45) is 5.92 Å². The normalized spacial score (nSPS) is 9.14. The number of benzene rings is 2. The van der Waals surface area contributed by atoms with Crippen LogP contribution in [0.4, 0.5) is 0 Å². The summed E-state index contributed by atoms with van der Waals surface area (Å²) in [6.07, 6.45) is 2.01. The Balaban J connectivity index is 0.000000408. The second-order valence-electron chi connectivity index (χ2n) is 5.44. The van der Waals surface area contributed by atoms with Crippen LogP contribution in [0.25, 0.3) is 0 Å². The van der Waals surface area contributed by atoms with Crippen LogP contribution in [0, 0.1) is 5.92 Å². The van der Waals surface area contributed by atoms with Crippen molar-refractivity contribution in [2.45, 2.75) is 12.8 Å². The van der Waals surface area contributed by atoms with Gasteiger partial charge in [0.25, 0.3) is 0 Å². The van der Waals surface area contributed by atoms with Crippen molar-refractivity contribution in [1.29, 1.82) is 0 Å². The topological polar surface area (TPSA) is 149 Å². The first kappa shape index (κ1) is 25.1. The van der Waals surface area contributed by atoms with Gasteiger partial charge in [-0.15, -0.1) is 6.58 Å². The molecule has 0 atom stereocenters. The van der Waals surface area contributed by atoms with E-state index in [0.717, 1.165) is 0 Å². The minimum Gasteiger partial charge on any atom is -0.481 e. The van der Waals surface area contributed by atoms with Crippen LogP contribution in [0.5, 0.6) is 0 Å². The Bertz CT molecular complexity index is 736. The molecule has 2 aromatic carbocycles. The first-order chi connectivity index (χ1) is 13.7. The fraction of sp³-hybridized carbons (Fsp3) is 0.143. The lowest BCUT2D eigenvalue weighted by Crippen LogP contribution is -2.22. The highest BCUT2D eigenvalue weighted by atomic mass is 16.4. The zero-order chi connectivity index (χ0) is 22.2. The number of hydrogen-bond acceptors (Lipinski definition) is 4. The van der Waals surface area contributed by atoms with Crippen LogP contribution >= 0.6 is 0 Å². The molecule has 0 aliphatic carbocycles. The van der Waals surface area contributed by atoms with Gasteiger partial charge in [0.15, 0.2) is 5.92 Å². The molecular formula is C21H22O8. The molecule has 29 heavy (non-hydrogen) atoms. The number of rotatable bonds is 7. The number of carboxylic acid groups (broad SMARTS) is 4. The third-order valence-corrected chi connectivity index (χ3v) is 3.30. The average molecular weight is 402 g/mol. The Morgan fingerprint density at radius 2 is 1.07 bits per heavy atom. The maximum Gasteiger partial charge on any atom is 0.335 e. The first-order valence-corrected chi connectivity index (χ1v) is 8.33. The Morgan fingerprint density at radius 3 is 1.28 bits per heavy atom. The van der Waals surface area contributed by atoms with Crippen LogP contribution in [0.2, 0.25) is 0 Å². The van der Waals surface area contributed by atoms with E-state index in [1.807, 2.05) is 0 Å². The van der Waals surface area contributed by atoms with Crippen LogP contribution in [0.3, 0.4) is 0 Å². The molecular weight excluding hydrogens is 380 g/mol. The maximum absolute atomic E-state index is 10.2. The van der Waals surface area contributed by atoms with E-state index in [2.05, 4.69) is 6.58 Å². The molecule has 0 heterocycles. The fourth-order valence-corrected chi connectivity index (χ4v) is 1.80. The molecule has 0 radical (unpaired) electrons. The predicted molar refractivity (Wildman–Crippen MR) is 105 cm³/mol. The number of aliphatic carboxylic acids is 2. The van der Waals surface area contributed by atoms with E-state index in [1.165, 1.54) is 6.08 Å². The summed E-state index contributed by atoms with van der Waals surface area (Å²) in [7, 11) is 0. The molecule has 0 aliphatic heterocycles. The van der Waals surface area contributed by atoms with Crippen LogP contribution < -0.4 is 0 Å². The van der Waals surface area contributed by atoms with E-state index in [-0.39, 0.29) is 6.42 Å². The Hall–Kier alpha value is -3.94. The summed E-state index contributed by atoms with van der Waals surface area (Å²) in [5, 5.41) is 33.5. The largest absolute Gasteiger partial charge is 0.481 e. The van der Waals surface area contributed by atoms with E-state index >= 15 is 0 Å². The zero-order valence-electron chi connectivity index (χ0n) is 15.5. The number of carboxylic acids is 4. The maximum atomic E-state index is 10.2. The van der Waals surface area contributed by atoms with Crippen LogP contribution in [-0.2, 0) is 9.59 Å². The molecule has 0 aliphatic rings. The lowest BCUT2D eigenvalue weighted by atomic mass is 10.0. The summed E-state index contributed by atoms with van der Waals surface area (Å²) < 4.78 is 0. The third-order valence-electron chi connectivity index (χ3n) is 3.30. The SMILES string of the molecule is C=CCCC(C(=O)O)C(=O)O.O=C(O)c1ccccc1.O=C(O)c1ccccc1. The molecule has 8 nitrogen and oxygen atoms in total. The molecule has 0 fully saturated rings. The van der Waals surface area contributed by atoms with Gasteiger partial charge < -0.3 is 20.4 Å². The summed E-state index contributed by atoms with van der Waals surface area (Å²) in [5.74, 6) is -5.64. The number of hydrogen-bond donors (Lipinski definition) is 4. The Kier molecular flexibility index (Phi) is 12.2. The smallest absolute Gasteiger partial charge is 0.335 e. The van der Waals surface area contributed by atoms with E-state index in [4.69, 9.17) is 20.4 Å². The van der Waals surface area contributed by atoms with E-state index in [9.17, 15) is 19.2 Å². The summed E-state index contributed by atoms with van der Waals surface area (Å²) in [6.45, 7) is 3.37. The monoisotopic (exact) mass is 402 g/mol. The highest BCUT2D eigenvalue weighted by molar-refractivity contribution is 5.92. The predicted octanol–water partition coefficient (Wildman–Crippen LogP) is 3.51. The van der Waals surface area contributed by atoms with Crippen molar-refractivity contribution in [2.75, 3.05) is 0 Å². The minimum absolute atomic E-state index is 0.105. The van der Waals surface area contributed by atoms with Crippen molar-refractivity contribution in [3.8, 4) is 0 Å². The molecule has 154 valence electrons. The lowest BCUT2D eigenvalue weighted by Gasteiger charge is -2.03. The molecule has 4 N–H and O–H groups in total. The molecule has 0 amide bonds. The van der Waals surface area contributed by atoms with Gasteiger partial charge >= 0.3 is 23.9 Å². The average Bonchev–Trinajstić information content (AvgIpc) is 2.70. The fourth-order valence-electron chi connectivity index (χ4n) is 1.80. The van der Waals surface area contributed by atoms with Crippen LogP contribution in [0.1, 0.15) is 33.6 Å². The summed E-state index contributed by atoms with van der Waals surface area (Å²) in [5.41, 5.74) is 0.662. The molecule has 0 aromatic heterocycles. The molecule has 8 heteroatoms. The zero-order valence-corrected chi connectivity index (χ0v) is 15.5. The standard InChI is InChI=1S/C7H10O4.2C7H6O2/c1-2-3-4-5(6(8)9)7(10)11;2*8-7(9)6-4-2-1-3-5-6/h2,5H,1,3-4H2,(H,8,9)(H,10,11);2*1-5H,(H,8,9). The lowest BCUT2D eigenvalue weighted by molar-refractivity contribution is -0.154. The van der Waals surface area contributed by atoms with Gasteiger partial charge in [-0.3, -0.25) is 9.59 Å². The molecule has 0 unspecified atom stereocenters. The van der Waals surface area contributed by atoms with E-state index in [1.54, 1.807) is 60.7 Å². The first-order valence-electron chi connectivity index (χ1n) is 8.33. The number of carbonyl (C=O) groups is 4. The van der Waals surface area contributed by atoms with Crippen molar-refractivity contribution in [1.82, 2.24) is 0 Å². The van der Waals surface area contributed by atoms with Gasteiger partial charge in [-0.25, -0.2) is 9.59 Å². The summed E-state index contributed by atoms with van der Waals surface area (Å²) in [4.78, 5) is 40.9. The summed E-state index contributed by atoms with van der Waals surface area (Å²) in [6, 6.07) is 16.6. The van der Waals surface area contributed by atoms with Crippen LogP contribution in [0.15, 0.2) is 73.3 Å². The van der Waals surface area contributed by atoms with Crippen molar-refractivity contribution in [3.63, 3.8) is 0 Å². The van der Waals surface area contributed by atoms with Crippen molar-refractivity contribution < 1.29 is 39.6 Å². The third kappa shape index (κ3) is 11.4. The van der Waals surface area contributed by atoms with Gasteiger partial charge in [0.05, 0.1) is 11.1 Å². The molecule has 2 rings (SSSR count). The molecule has 0 bridgehead atoms. The van der Waals surface area contributed by atoms with Gasteiger partial charge in [0.1, 0.15) is 0 Å². The molecule has 0 saturated carbocycles. The van der Waals surface area contributed by atoms with Gasteiger partial charge in [-0.2, -0.15) is 0 Å². The number of allylic oxidation sites excluding steroid dienone is 1. The van der Waals surface area contributed by atoms with Gasteiger partial charge in [-0.1, -0.05) is 42.5 Å². The van der Waals surface area contributed by atoms with Crippen LogP contribution in [-0.4, -0.2) is 44.3 Å². The second kappa shape index (κ2) is 14.2. The second-order valence-corrected chi connectivity index (χ2v) is 5.44. The summed E-state index contributed by atoms with van der Waals surface area (Å²) >= 11 is 0. The highest BCUT2D eigenvalue weighted by Gasteiger charge is 2.24. The molecule has 0 saturated heterocycles. The number of aromatic carboxylic acids is 2.